The second-order valence-electron chi connectivity index (χ2n) is 8.31. The van der Waals surface area contributed by atoms with Crippen LogP contribution in [0.15, 0.2) is 0 Å². The molecule has 0 saturated carbocycles. The van der Waals surface area contributed by atoms with Gasteiger partial charge in [-0.1, -0.05) is 6.92 Å². The topological polar surface area (TPSA) is 48.0 Å². The van der Waals surface area contributed by atoms with Crippen molar-refractivity contribution < 1.29 is 19.0 Å². The van der Waals surface area contributed by atoms with Crippen LogP contribution in [0.2, 0.25) is 0 Å². The van der Waals surface area contributed by atoms with E-state index in [4.69, 9.17) is 14.2 Å². The summed E-state index contributed by atoms with van der Waals surface area (Å²) in [7, 11) is 0. The maximum absolute atomic E-state index is 12.1. The number of carbonyl (C=O) groups excluding carboxylic acids is 1. The fraction of sp³-hybridized carbons (Fsp3) is 0.944. The standard InChI is InChI=1S/C18H35NO4/c1-8-18(22-14-13-21-16(2,3)4)9-11-19(12-10-18)15(20)23-17(5,6)7/h8-14H2,1-7H3. The summed E-state index contributed by atoms with van der Waals surface area (Å²) in [5, 5.41) is 0. The minimum Gasteiger partial charge on any atom is -0.444 e. The van der Waals surface area contributed by atoms with Crippen molar-refractivity contribution in [2.75, 3.05) is 26.3 Å². The highest BCUT2D eigenvalue weighted by Gasteiger charge is 2.36. The van der Waals surface area contributed by atoms with E-state index in [1.54, 1.807) is 4.90 Å². The quantitative estimate of drug-likeness (QED) is 0.715. The lowest BCUT2D eigenvalue weighted by molar-refractivity contribution is -0.115. The van der Waals surface area contributed by atoms with Gasteiger partial charge in [0, 0.05) is 13.1 Å². The number of rotatable bonds is 5. The maximum atomic E-state index is 12.1. The van der Waals surface area contributed by atoms with Gasteiger partial charge in [0.25, 0.3) is 0 Å². The smallest absolute Gasteiger partial charge is 0.410 e. The second-order valence-corrected chi connectivity index (χ2v) is 8.31. The molecule has 1 aliphatic rings. The average Bonchev–Trinajstić information content (AvgIpc) is 2.41. The average molecular weight is 329 g/mol. The van der Waals surface area contributed by atoms with Crippen LogP contribution < -0.4 is 0 Å². The van der Waals surface area contributed by atoms with Crippen LogP contribution in [0.4, 0.5) is 4.79 Å². The molecule has 0 aliphatic carbocycles. The van der Waals surface area contributed by atoms with Gasteiger partial charge in [-0.15, -0.1) is 0 Å². The van der Waals surface area contributed by atoms with Crippen molar-refractivity contribution in [1.29, 1.82) is 0 Å². The van der Waals surface area contributed by atoms with E-state index in [0.29, 0.717) is 26.3 Å². The van der Waals surface area contributed by atoms with Gasteiger partial charge in [-0.3, -0.25) is 0 Å². The Hall–Kier alpha value is -0.810. The molecule has 1 amide bonds. The number of hydrogen-bond donors (Lipinski definition) is 0. The Kier molecular flexibility index (Phi) is 6.90. The van der Waals surface area contributed by atoms with Crippen molar-refractivity contribution in [3.8, 4) is 0 Å². The van der Waals surface area contributed by atoms with Crippen molar-refractivity contribution in [1.82, 2.24) is 4.90 Å². The van der Waals surface area contributed by atoms with Gasteiger partial charge < -0.3 is 19.1 Å². The highest BCUT2D eigenvalue weighted by Crippen LogP contribution is 2.30. The molecule has 0 unspecified atom stereocenters. The molecule has 1 aliphatic heterocycles. The van der Waals surface area contributed by atoms with Gasteiger partial charge >= 0.3 is 6.09 Å². The Morgan fingerprint density at radius 1 is 1.00 bits per heavy atom. The van der Waals surface area contributed by atoms with Gasteiger partial charge in [0.05, 0.1) is 24.4 Å². The van der Waals surface area contributed by atoms with Crippen LogP contribution >= 0.6 is 0 Å². The van der Waals surface area contributed by atoms with E-state index in [1.807, 2.05) is 41.5 Å². The maximum Gasteiger partial charge on any atom is 0.410 e. The van der Waals surface area contributed by atoms with E-state index in [-0.39, 0.29) is 17.3 Å². The summed E-state index contributed by atoms with van der Waals surface area (Å²) in [6.45, 7) is 16.5. The fourth-order valence-corrected chi connectivity index (χ4v) is 2.63. The Balaban J connectivity index is 2.42. The molecule has 1 saturated heterocycles. The molecule has 1 heterocycles. The number of nitrogens with zero attached hydrogens (tertiary/aromatic N) is 1. The first-order valence-corrected chi connectivity index (χ1v) is 8.72. The highest BCUT2D eigenvalue weighted by atomic mass is 16.6. The summed E-state index contributed by atoms with van der Waals surface area (Å²) in [4.78, 5) is 13.9. The van der Waals surface area contributed by atoms with E-state index < -0.39 is 5.60 Å². The van der Waals surface area contributed by atoms with Gasteiger partial charge in [-0.25, -0.2) is 4.79 Å². The molecule has 0 bridgehead atoms. The zero-order valence-electron chi connectivity index (χ0n) is 16.0. The molecule has 5 heteroatoms. The van der Waals surface area contributed by atoms with Crippen LogP contribution in [0.5, 0.6) is 0 Å². The Morgan fingerprint density at radius 3 is 2.00 bits per heavy atom. The number of hydrogen-bond acceptors (Lipinski definition) is 4. The number of ether oxygens (including phenoxy) is 3. The summed E-state index contributed by atoms with van der Waals surface area (Å²) in [5.41, 5.74) is -0.722. The van der Waals surface area contributed by atoms with Gasteiger partial charge in [-0.2, -0.15) is 0 Å². The largest absolute Gasteiger partial charge is 0.444 e. The molecule has 0 aromatic rings. The first kappa shape index (κ1) is 20.2. The van der Waals surface area contributed by atoms with Gasteiger partial charge in [-0.05, 0) is 60.8 Å². The molecule has 0 atom stereocenters. The minimum atomic E-state index is -0.447. The van der Waals surface area contributed by atoms with Crippen molar-refractivity contribution in [3.63, 3.8) is 0 Å². The third-order valence-electron chi connectivity index (χ3n) is 4.00. The SMILES string of the molecule is CCC1(OCCOC(C)(C)C)CCN(C(=O)OC(C)(C)C)CC1. The molecular weight excluding hydrogens is 294 g/mol. The summed E-state index contributed by atoms with van der Waals surface area (Å²) >= 11 is 0. The Labute approximate surface area is 141 Å². The number of likely N-dealkylation sites (tertiary alicyclic amines) is 1. The van der Waals surface area contributed by atoms with E-state index in [0.717, 1.165) is 19.3 Å². The predicted molar refractivity (Wildman–Crippen MR) is 91.7 cm³/mol. The van der Waals surface area contributed by atoms with Gasteiger partial charge in [0.2, 0.25) is 0 Å². The number of carbonyl (C=O) groups is 1. The summed E-state index contributed by atoms with van der Waals surface area (Å²) in [5.74, 6) is 0. The summed E-state index contributed by atoms with van der Waals surface area (Å²) < 4.78 is 17.3. The van der Waals surface area contributed by atoms with Gasteiger partial charge in [0.1, 0.15) is 5.60 Å². The molecule has 0 N–H and O–H groups in total. The van der Waals surface area contributed by atoms with Crippen LogP contribution in [0.25, 0.3) is 0 Å². The lowest BCUT2D eigenvalue weighted by atomic mass is 9.88. The zero-order valence-corrected chi connectivity index (χ0v) is 16.0. The molecule has 136 valence electrons. The molecule has 0 aromatic carbocycles. The van der Waals surface area contributed by atoms with Crippen molar-refractivity contribution in [3.05, 3.63) is 0 Å². The Bertz CT molecular complexity index is 373. The van der Waals surface area contributed by atoms with Crippen LogP contribution in [0, 0.1) is 0 Å². The van der Waals surface area contributed by atoms with E-state index >= 15 is 0 Å². The lowest BCUT2D eigenvalue weighted by Crippen LogP contribution is -2.49. The lowest BCUT2D eigenvalue weighted by Gasteiger charge is -2.41. The second kappa shape index (κ2) is 7.84. The monoisotopic (exact) mass is 329 g/mol. The summed E-state index contributed by atoms with van der Waals surface area (Å²) in [6, 6.07) is 0. The fourth-order valence-electron chi connectivity index (χ4n) is 2.63. The summed E-state index contributed by atoms with van der Waals surface area (Å²) in [6.07, 6.45) is 2.42. The van der Waals surface area contributed by atoms with Crippen molar-refractivity contribution >= 4 is 6.09 Å². The third kappa shape index (κ3) is 7.53. The highest BCUT2D eigenvalue weighted by molar-refractivity contribution is 5.68. The molecule has 1 fully saturated rings. The molecule has 0 aromatic heterocycles. The van der Waals surface area contributed by atoms with Gasteiger partial charge in [0.15, 0.2) is 0 Å². The zero-order chi connectivity index (χ0) is 17.7. The predicted octanol–water partition coefficient (Wildman–Crippen LogP) is 4.00. The number of piperidine rings is 1. The number of amides is 1. The molecule has 23 heavy (non-hydrogen) atoms. The van der Waals surface area contributed by atoms with Crippen LogP contribution in [-0.2, 0) is 14.2 Å². The third-order valence-corrected chi connectivity index (χ3v) is 4.00. The molecular formula is C18H35NO4. The van der Waals surface area contributed by atoms with Crippen molar-refractivity contribution in [2.45, 2.75) is 84.5 Å². The normalized spacial score (nSPS) is 18.8. The van der Waals surface area contributed by atoms with E-state index in [1.165, 1.54) is 0 Å². The molecule has 0 radical (unpaired) electrons. The van der Waals surface area contributed by atoms with Crippen molar-refractivity contribution in [2.24, 2.45) is 0 Å². The van der Waals surface area contributed by atoms with E-state index in [2.05, 4.69) is 6.92 Å². The minimum absolute atomic E-state index is 0.136. The Morgan fingerprint density at radius 2 is 1.57 bits per heavy atom. The molecule has 5 nitrogen and oxygen atoms in total. The van der Waals surface area contributed by atoms with Crippen LogP contribution in [0.1, 0.15) is 67.7 Å². The van der Waals surface area contributed by atoms with Crippen LogP contribution in [-0.4, -0.2) is 54.1 Å². The molecule has 0 spiro atoms. The van der Waals surface area contributed by atoms with E-state index in [9.17, 15) is 4.79 Å². The van der Waals surface area contributed by atoms with Crippen LogP contribution in [0.3, 0.4) is 0 Å². The first-order valence-electron chi connectivity index (χ1n) is 8.72. The first-order chi connectivity index (χ1) is 10.5. The molecule has 1 rings (SSSR count).